The molecule has 0 aliphatic heterocycles. The molecule has 0 fully saturated rings. The average Bonchev–Trinajstić information content (AvgIpc) is 2.15. The molecule has 1 atom stereocenters. The maximum absolute atomic E-state index is 5.71. The smallest absolute Gasteiger partial charge is 0.228 e. The Morgan fingerprint density at radius 1 is 1.53 bits per heavy atom. The van der Waals surface area contributed by atoms with E-state index in [0.717, 1.165) is 5.69 Å². The molecule has 0 saturated heterocycles. The van der Waals surface area contributed by atoms with Crippen molar-refractivity contribution < 1.29 is 4.74 Å². The Balaban J connectivity index is 2.88. The summed E-state index contributed by atoms with van der Waals surface area (Å²) in [6.07, 6.45) is 0. The van der Waals surface area contributed by atoms with Crippen molar-refractivity contribution in [3.63, 3.8) is 0 Å². The van der Waals surface area contributed by atoms with Crippen LogP contribution in [0.3, 0.4) is 0 Å². The Hall–Kier alpha value is -1.36. The lowest BCUT2D eigenvalue weighted by atomic mass is 10.3. The summed E-state index contributed by atoms with van der Waals surface area (Å²) < 4.78 is 5.08. The summed E-state index contributed by atoms with van der Waals surface area (Å²) in [6.45, 7) is 4.57. The molecule has 1 unspecified atom stereocenters. The molecular weight excluding hydrogens is 192 g/mol. The van der Waals surface area contributed by atoms with E-state index in [4.69, 9.17) is 10.5 Å². The predicted molar refractivity (Wildman–Crippen MR) is 60.2 cm³/mol. The predicted octanol–water partition coefficient (Wildman–Crippen LogP) is 0.577. The van der Waals surface area contributed by atoms with E-state index in [-0.39, 0.29) is 6.04 Å². The van der Waals surface area contributed by atoms with E-state index in [1.54, 1.807) is 13.2 Å². The van der Waals surface area contributed by atoms with Gasteiger partial charge in [0.25, 0.3) is 0 Å². The summed E-state index contributed by atoms with van der Waals surface area (Å²) >= 11 is 0. The van der Waals surface area contributed by atoms with Gasteiger partial charge in [0.2, 0.25) is 11.8 Å². The maximum atomic E-state index is 5.71. The Morgan fingerprint density at radius 2 is 2.20 bits per heavy atom. The van der Waals surface area contributed by atoms with Crippen LogP contribution in [0.5, 0.6) is 5.88 Å². The summed E-state index contributed by atoms with van der Waals surface area (Å²) in [7, 11) is 3.51. The van der Waals surface area contributed by atoms with Gasteiger partial charge in [0.05, 0.1) is 7.11 Å². The van der Waals surface area contributed by atoms with Crippen LogP contribution in [0.4, 0.5) is 5.95 Å². The molecule has 0 aromatic carbocycles. The molecule has 2 N–H and O–H groups in total. The number of methoxy groups -OCH3 is 1. The van der Waals surface area contributed by atoms with Gasteiger partial charge in [-0.1, -0.05) is 0 Å². The summed E-state index contributed by atoms with van der Waals surface area (Å²) in [6, 6.07) is 1.88. The van der Waals surface area contributed by atoms with Gasteiger partial charge in [-0.2, -0.15) is 4.98 Å². The second-order valence-electron chi connectivity index (χ2n) is 3.71. The molecule has 5 nitrogen and oxygen atoms in total. The fourth-order valence-corrected chi connectivity index (χ4v) is 1.31. The number of anilines is 1. The number of hydrogen-bond donors (Lipinski definition) is 1. The third-order valence-electron chi connectivity index (χ3n) is 1.93. The normalized spacial score (nSPS) is 12.3. The van der Waals surface area contributed by atoms with Crippen LogP contribution in [0.1, 0.15) is 12.6 Å². The molecule has 0 aliphatic rings. The number of rotatable bonds is 4. The molecule has 0 saturated carbocycles. The maximum Gasteiger partial charge on any atom is 0.228 e. The van der Waals surface area contributed by atoms with Gasteiger partial charge in [-0.05, 0) is 13.8 Å². The monoisotopic (exact) mass is 210 g/mol. The van der Waals surface area contributed by atoms with Crippen LogP contribution in [-0.4, -0.2) is 36.7 Å². The SMILES string of the molecule is COc1cc(C)nc(N(C)CC(C)N)n1. The molecular formula is C10H18N4O. The molecule has 5 heteroatoms. The Bertz CT molecular complexity index is 327. The summed E-state index contributed by atoms with van der Waals surface area (Å²) in [5.74, 6) is 1.22. The molecule has 15 heavy (non-hydrogen) atoms. The van der Waals surface area contributed by atoms with E-state index in [9.17, 15) is 0 Å². The average molecular weight is 210 g/mol. The van der Waals surface area contributed by atoms with E-state index in [1.165, 1.54) is 0 Å². The highest BCUT2D eigenvalue weighted by Crippen LogP contribution is 2.13. The zero-order valence-electron chi connectivity index (χ0n) is 9.69. The van der Waals surface area contributed by atoms with E-state index in [0.29, 0.717) is 18.4 Å². The van der Waals surface area contributed by atoms with Gasteiger partial charge in [-0.15, -0.1) is 0 Å². The quantitative estimate of drug-likeness (QED) is 0.787. The lowest BCUT2D eigenvalue weighted by molar-refractivity contribution is 0.396. The largest absolute Gasteiger partial charge is 0.481 e. The Labute approximate surface area is 90.3 Å². The molecule has 0 radical (unpaired) electrons. The van der Waals surface area contributed by atoms with Crippen LogP contribution >= 0.6 is 0 Å². The Morgan fingerprint density at radius 3 is 2.73 bits per heavy atom. The molecule has 0 aliphatic carbocycles. The van der Waals surface area contributed by atoms with E-state index in [1.807, 2.05) is 25.8 Å². The van der Waals surface area contributed by atoms with Gasteiger partial charge in [0, 0.05) is 31.4 Å². The number of hydrogen-bond acceptors (Lipinski definition) is 5. The van der Waals surface area contributed by atoms with Crippen LogP contribution in [0.15, 0.2) is 6.07 Å². The topological polar surface area (TPSA) is 64.3 Å². The molecule has 84 valence electrons. The lowest BCUT2D eigenvalue weighted by Gasteiger charge is -2.19. The first-order valence-corrected chi connectivity index (χ1v) is 4.89. The fraction of sp³-hybridized carbons (Fsp3) is 0.600. The molecule has 0 bridgehead atoms. The van der Waals surface area contributed by atoms with Crippen LogP contribution in [0, 0.1) is 6.92 Å². The summed E-state index contributed by atoms with van der Waals surface area (Å²) in [5, 5.41) is 0. The first kappa shape index (κ1) is 11.7. The van der Waals surface area contributed by atoms with Crippen molar-refractivity contribution in [2.24, 2.45) is 5.73 Å². The molecule has 1 aromatic heterocycles. The third-order valence-corrected chi connectivity index (χ3v) is 1.93. The van der Waals surface area contributed by atoms with Gasteiger partial charge < -0.3 is 15.4 Å². The van der Waals surface area contributed by atoms with Gasteiger partial charge in [-0.25, -0.2) is 4.98 Å². The minimum absolute atomic E-state index is 0.0881. The third kappa shape index (κ3) is 3.36. The molecule has 1 rings (SSSR count). The number of likely N-dealkylation sites (N-methyl/N-ethyl adjacent to an activating group) is 1. The number of aromatic nitrogens is 2. The number of ether oxygens (including phenoxy) is 1. The number of nitrogens with zero attached hydrogens (tertiary/aromatic N) is 3. The van der Waals surface area contributed by atoms with Gasteiger partial charge in [-0.3, -0.25) is 0 Å². The fourth-order valence-electron chi connectivity index (χ4n) is 1.31. The van der Waals surface area contributed by atoms with Crippen molar-refractivity contribution in [1.82, 2.24) is 9.97 Å². The van der Waals surface area contributed by atoms with Crippen molar-refractivity contribution in [2.45, 2.75) is 19.9 Å². The van der Waals surface area contributed by atoms with Crippen LogP contribution < -0.4 is 15.4 Å². The highest BCUT2D eigenvalue weighted by atomic mass is 16.5. The first-order chi connectivity index (χ1) is 7.02. The van der Waals surface area contributed by atoms with Crippen LogP contribution in [-0.2, 0) is 0 Å². The second kappa shape index (κ2) is 4.93. The van der Waals surface area contributed by atoms with Gasteiger partial charge >= 0.3 is 0 Å². The minimum Gasteiger partial charge on any atom is -0.481 e. The van der Waals surface area contributed by atoms with E-state index in [2.05, 4.69) is 9.97 Å². The van der Waals surface area contributed by atoms with Crippen LogP contribution in [0.25, 0.3) is 0 Å². The Kier molecular flexibility index (Phi) is 3.85. The highest BCUT2D eigenvalue weighted by molar-refractivity contribution is 5.33. The first-order valence-electron chi connectivity index (χ1n) is 4.89. The summed E-state index contributed by atoms with van der Waals surface area (Å²) in [4.78, 5) is 10.5. The van der Waals surface area contributed by atoms with Gasteiger partial charge in [0.1, 0.15) is 0 Å². The molecule has 0 amide bonds. The van der Waals surface area contributed by atoms with E-state index >= 15 is 0 Å². The van der Waals surface area contributed by atoms with E-state index < -0.39 is 0 Å². The van der Waals surface area contributed by atoms with Crippen LogP contribution in [0.2, 0.25) is 0 Å². The minimum atomic E-state index is 0.0881. The zero-order valence-corrected chi connectivity index (χ0v) is 9.69. The lowest BCUT2D eigenvalue weighted by Crippen LogP contribution is -2.33. The molecule has 1 heterocycles. The van der Waals surface area contributed by atoms with Crippen molar-refractivity contribution in [1.29, 1.82) is 0 Å². The van der Waals surface area contributed by atoms with Crippen molar-refractivity contribution in [3.05, 3.63) is 11.8 Å². The van der Waals surface area contributed by atoms with Crippen molar-refractivity contribution in [3.8, 4) is 5.88 Å². The number of nitrogens with two attached hydrogens (primary N) is 1. The summed E-state index contributed by atoms with van der Waals surface area (Å²) in [5.41, 5.74) is 6.59. The molecule has 1 aromatic rings. The van der Waals surface area contributed by atoms with Crippen molar-refractivity contribution >= 4 is 5.95 Å². The number of aryl methyl sites for hydroxylation is 1. The highest BCUT2D eigenvalue weighted by Gasteiger charge is 2.08. The standard InChI is InChI=1S/C10H18N4O/c1-7(11)6-14(3)10-12-8(2)5-9(13-10)15-4/h5,7H,6,11H2,1-4H3. The molecule has 0 spiro atoms. The second-order valence-corrected chi connectivity index (χ2v) is 3.71. The van der Waals surface area contributed by atoms with Gasteiger partial charge in [0.15, 0.2) is 0 Å². The zero-order chi connectivity index (χ0) is 11.4. The van der Waals surface area contributed by atoms with Crippen molar-refractivity contribution in [2.75, 3.05) is 25.6 Å².